The first-order valence-electron chi connectivity index (χ1n) is 9.23. The maximum absolute atomic E-state index is 12.6. The molecular weight excluding hydrogens is 342 g/mol. The van der Waals surface area contributed by atoms with Crippen LogP contribution in [0.3, 0.4) is 0 Å². The third-order valence-corrected chi connectivity index (χ3v) is 4.28. The molecule has 0 bridgehead atoms. The van der Waals surface area contributed by atoms with Gasteiger partial charge in [-0.15, -0.1) is 0 Å². The highest BCUT2D eigenvalue weighted by Gasteiger charge is 2.08. The number of rotatable bonds is 7. The van der Waals surface area contributed by atoms with Crippen molar-refractivity contribution in [3.8, 4) is 11.1 Å². The Morgan fingerprint density at radius 1 is 1.07 bits per heavy atom. The first-order valence-corrected chi connectivity index (χ1v) is 9.23. The van der Waals surface area contributed by atoms with Gasteiger partial charge in [-0.1, -0.05) is 26.3 Å². The van der Waals surface area contributed by atoms with E-state index in [-0.39, 0.29) is 17.4 Å². The predicted molar refractivity (Wildman–Crippen MR) is 105 cm³/mol. The lowest BCUT2D eigenvalue weighted by atomic mass is 10.1. The molecule has 3 rings (SSSR count). The average molecular weight is 365 g/mol. The highest BCUT2D eigenvalue weighted by molar-refractivity contribution is 5.89. The van der Waals surface area contributed by atoms with Crippen LogP contribution in [-0.2, 0) is 11.3 Å². The summed E-state index contributed by atoms with van der Waals surface area (Å²) in [6.07, 6.45) is 8.01. The molecule has 0 radical (unpaired) electrons. The number of amides is 1. The van der Waals surface area contributed by atoms with Gasteiger partial charge >= 0.3 is 0 Å². The molecule has 0 saturated heterocycles. The molecule has 0 aliphatic carbocycles. The Labute approximate surface area is 157 Å². The van der Waals surface area contributed by atoms with Crippen LogP contribution in [0, 0.1) is 0 Å². The fourth-order valence-electron chi connectivity index (χ4n) is 2.80. The lowest BCUT2D eigenvalue weighted by Crippen LogP contribution is -2.20. The van der Waals surface area contributed by atoms with Crippen LogP contribution in [0.2, 0.25) is 0 Å². The van der Waals surface area contributed by atoms with Gasteiger partial charge in [0.2, 0.25) is 11.9 Å². The normalized spacial score (nSPS) is 10.9. The Bertz CT molecular complexity index is 995. The van der Waals surface area contributed by atoms with Gasteiger partial charge in [-0.3, -0.25) is 19.5 Å². The maximum Gasteiger partial charge on any atom is 0.261 e. The van der Waals surface area contributed by atoms with Gasteiger partial charge in [-0.05, 0) is 30.5 Å². The Morgan fingerprint density at radius 3 is 2.56 bits per heavy atom. The van der Waals surface area contributed by atoms with Crippen LogP contribution < -0.4 is 10.9 Å². The van der Waals surface area contributed by atoms with Crippen molar-refractivity contribution in [2.45, 2.75) is 46.1 Å². The van der Waals surface area contributed by atoms with Crippen molar-refractivity contribution in [2.75, 3.05) is 5.32 Å². The minimum Gasteiger partial charge on any atom is -0.299 e. The largest absolute Gasteiger partial charge is 0.299 e. The lowest BCUT2D eigenvalue weighted by Gasteiger charge is -2.07. The van der Waals surface area contributed by atoms with Crippen molar-refractivity contribution in [2.24, 2.45) is 0 Å². The minimum atomic E-state index is -0.0853. The number of nitrogens with zero attached hydrogens (tertiary/aromatic N) is 4. The molecule has 0 aliphatic rings. The molecule has 27 heavy (non-hydrogen) atoms. The van der Waals surface area contributed by atoms with E-state index in [0.29, 0.717) is 23.9 Å². The minimum absolute atomic E-state index is 0.0515. The zero-order valence-corrected chi connectivity index (χ0v) is 15.6. The quantitative estimate of drug-likeness (QED) is 0.693. The van der Waals surface area contributed by atoms with Crippen molar-refractivity contribution in [3.63, 3.8) is 0 Å². The SMILES string of the molecule is CCCCC(=O)Nc1ncc(-c2ccc3ncn(CCC)c(=O)c3c2)cn1. The summed E-state index contributed by atoms with van der Waals surface area (Å²) >= 11 is 0. The third-order valence-electron chi connectivity index (χ3n) is 4.28. The molecule has 7 heteroatoms. The summed E-state index contributed by atoms with van der Waals surface area (Å²) in [5.74, 6) is 0.200. The van der Waals surface area contributed by atoms with Crippen LogP contribution in [0.25, 0.3) is 22.0 Å². The van der Waals surface area contributed by atoms with Crippen LogP contribution >= 0.6 is 0 Å². The second-order valence-electron chi connectivity index (χ2n) is 6.42. The molecule has 0 aliphatic heterocycles. The smallest absolute Gasteiger partial charge is 0.261 e. The molecule has 0 unspecified atom stereocenters. The van der Waals surface area contributed by atoms with E-state index < -0.39 is 0 Å². The van der Waals surface area contributed by atoms with Crippen LogP contribution in [0.15, 0.2) is 41.7 Å². The molecule has 7 nitrogen and oxygen atoms in total. The Morgan fingerprint density at radius 2 is 1.85 bits per heavy atom. The molecule has 1 amide bonds. The van der Waals surface area contributed by atoms with E-state index in [4.69, 9.17) is 0 Å². The predicted octanol–water partition coefficient (Wildman–Crippen LogP) is 3.39. The van der Waals surface area contributed by atoms with Crippen LogP contribution in [0.5, 0.6) is 0 Å². The van der Waals surface area contributed by atoms with Gasteiger partial charge in [0.1, 0.15) is 0 Å². The molecule has 2 heterocycles. The number of carbonyl (C=O) groups excluding carboxylic acids is 1. The Kier molecular flexibility index (Phi) is 5.90. The summed E-state index contributed by atoms with van der Waals surface area (Å²) in [6.45, 7) is 4.70. The van der Waals surface area contributed by atoms with Gasteiger partial charge in [0.25, 0.3) is 5.56 Å². The lowest BCUT2D eigenvalue weighted by molar-refractivity contribution is -0.116. The average Bonchev–Trinajstić information content (AvgIpc) is 2.69. The van der Waals surface area contributed by atoms with Crippen molar-refractivity contribution in [1.29, 1.82) is 0 Å². The Hall–Kier alpha value is -3.09. The van der Waals surface area contributed by atoms with Crippen molar-refractivity contribution >= 4 is 22.8 Å². The second-order valence-corrected chi connectivity index (χ2v) is 6.42. The number of benzene rings is 1. The molecule has 2 aromatic heterocycles. The number of hydrogen-bond donors (Lipinski definition) is 1. The number of aryl methyl sites for hydroxylation is 1. The first kappa shape index (κ1) is 18.7. The molecule has 1 N–H and O–H groups in total. The van der Waals surface area contributed by atoms with Crippen LogP contribution in [-0.4, -0.2) is 25.4 Å². The van der Waals surface area contributed by atoms with Crippen molar-refractivity contribution < 1.29 is 4.79 Å². The number of carbonyl (C=O) groups is 1. The van der Waals surface area contributed by atoms with E-state index in [2.05, 4.69) is 20.3 Å². The van der Waals surface area contributed by atoms with Gasteiger partial charge in [0.15, 0.2) is 0 Å². The highest BCUT2D eigenvalue weighted by atomic mass is 16.1. The molecule has 0 spiro atoms. The van der Waals surface area contributed by atoms with Gasteiger partial charge < -0.3 is 0 Å². The molecule has 0 saturated carbocycles. The summed E-state index contributed by atoms with van der Waals surface area (Å²) < 4.78 is 1.62. The molecular formula is C20H23N5O2. The number of aromatic nitrogens is 4. The highest BCUT2D eigenvalue weighted by Crippen LogP contribution is 2.21. The molecule has 0 atom stereocenters. The number of anilines is 1. The van der Waals surface area contributed by atoms with Gasteiger partial charge in [0, 0.05) is 30.9 Å². The number of hydrogen-bond acceptors (Lipinski definition) is 5. The summed E-state index contributed by atoms with van der Waals surface area (Å²) in [5.41, 5.74) is 2.22. The maximum atomic E-state index is 12.6. The monoisotopic (exact) mass is 365 g/mol. The molecule has 0 fully saturated rings. The van der Waals surface area contributed by atoms with Crippen molar-refractivity contribution in [3.05, 3.63) is 47.3 Å². The van der Waals surface area contributed by atoms with Gasteiger partial charge in [0.05, 0.1) is 17.2 Å². The van der Waals surface area contributed by atoms with E-state index in [1.807, 2.05) is 32.0 Å². The van der Waals surface area contributed by atoms with E-state index in [1.54, 1.807) is 23.3 Å². The summed E-state index contributed by atoms with van der Waals surface area (Å²) in [4.78, 5) is 37.1. The van der Waals surface area contributed by atoms with Crippen molar-refractivity contribution in [1.82, 2.24) is 19.5 Å². The summed E-state index contributed by atoms with van der Waals surface area (Å²) in [6, 6.07) is 5.52. The van der Waals surface area contributed by atoms with E-state index in [0.717, 1.165) is 30.4 Å². The summed E-state index contributed by atoms with van der Waals surface area (Å²) in [5, 5.41) is 3.26. The van der Waals surface area contributed by atoms with E-state index in [1.165, 1.54) is 0 Å². The molecule has 140 valence electrons. The number of fused-ring (bicyclic) bond motifs is 1. The molecule has 1 aromatic carbocycles. The van der Waals surface area contributed by atoms with Crippen LogP contribution in [0.1, 0.15) is 39.5 Å². The second kappa shape index (κ2) is 8.53. The van der Waals surface area contributed by atoms with E-state index in [9.17, 15) is 9.59 Å². The summed E-state index contributed by atoms with van der Waals surface area (Å²) in [7, 11) is 0. The Balaban J connectivity index is 1.85. The van der Waals surface area contributed by atoms with Crippen LogP contribution in [0.4, 0.5) is 5.95 Å². The number of nitrogens with one attached hydrogen (secondary N) is 1. The third kappa shape index (κ3) is 4.36. The topological polar surface area (TPSA) is 89.8 Å². The number of unbranched alkanes of at least 4 members (excludes halogenated alkanes) is 1. The zero-order valence-electron chi connectivity index (χ0n) is 15.6. The van der Waals surface area contributed by atoms with Gasteiger partial charge in [-0.2, -0.15) is 0 Å². The fourth-order valence-corrected chi connectivity index (χ4v) is 2.80. The van der Waals surface area contributed by atoms with Gasteiger partial charge in [-0.25, -0.2) is 15.0 Å². The molecule has 3 aromatic rings. The zero-order chi connectivity index (χ0) is 19.2. The fraction of sp³-hybridized carbons (Fsp3) is 0.350. The van der Waals surface area contributed by atoms with E-state index >= 15 is 0 Å². The first-order chi connectivity index (χ1) is 13.1. The standard InChI is InChI=1S/C20H23N5O2/c1-3-5-6-18(26)24-20-21-11-15(12-22-20)14-7-8-17-16(10-14)19(27)25(9-4-2)13-23-17/h7-8,10-13H,3-6,9H2,1-2H3,(H,21,22,24,26).